The van der Waals surface area contributed by atoms with Crippen molar-refractivity contribution in [1.29, 1.82) is 0 Å². The maximum Gasteiger partial charge on any atom is 0.295 e. The quantitative estimate of drug-likeness (QED) is 0.485. The Morgan fingerprint density at radius 3 is 2.09 bits per heavy atom. The minimum atomic E-state index is -0.437. The molecule has 0 bridgehead atoms. The van der Waals surface area contributed by atoms with E-state index in [1.54, 1.807) is 55.1 Å². The van der Waals surface area contributed by atoms with E-state index in [-0.39, 0.29) is 17.2 Å². The highest BCUT2D eigenvalue weighted by Crippen LogP contribution is 2.17. The Kier molecular flexibility index (Phi) is 5.95. The van der Waals surface area contributed by atoms with Gasteiger partial charge in [0.25, 0.3) is 17.4 Å². The van der Waals surface area contributed by atoms with E-state index >= 15 is 0 Å². The predicted molar refractivity (Wildman–Crippen MR) is 129 cm³/mol. The lowest BCUT2D eigenvalue weighted by atomic mass is 10.1. The third kappa shape index (κ3) is 4.48. The standard InChI is InChI=1S/C26H24N4O3/c1-17-9-7-10-19(15-17)24(31)27-21-12-8-11-20(16-21)25(32)28-23-18(2)29(3)30(26(23)33)22-13-5-4-6-14-22/h4-16H,1-3H3,(H,27,31)(H,28,32). The number of aryl methyl sites for hydroxylation is 1. The summed E-state index contributed by atoms with van der Waals surface area (Å²) in [4.78, 5) is 38.5. The first kappa shape index (κ1) is 21.8. The van der Waals surface area contributed by atoms with Gasteiger partial charge in [-0.3, -0.25) is 19.1 Å². The number of nitrogens with one attached hydrogen (secondary N) is 2. The van der Waals surface area contributed by atoms with Crippen molar-refractivity contribution < 1.29 is 9.59 Å². The van der Waals surface area contributed by atoms with Crippen molar-refractivity contribution >= 4 is 23.2 Å². The van der Waals surface area contributed by atoms with Crippen LogP contribution in [0.1, 0.15) is 32.0 Å². The molecule has 4 aromatic rings. The van der Waals surface area contributed by atoms with Crippen LogP contribution in [0, 0.1) is 13.8 Å². The number of aromatic nitrogens is 2. The van der Waals surface area contributed by atoms with Gasteiger partial charge in [-0.15, -0.1) is 0 Å². The molecule has 0 saturated heterocycles. The van der Waals surface area contributed by atoms with Crippen LogP contribution in [0.5, 0.6) is 0 Å². The molecule has 0 aliphatic heterocycles. The molecule has 2 amide bonds. The Labute approximate surface area is 191 Å². The van der Waals surface area contributed by atoms with Gasteiger partial charge in [0.15, 0.2) is 0 Å². The summed E-state index contributed by atoms with van der Waals surface area (Å²) in [6.45, 7) is 3.69. The van der Waals surface area contributed by atoms with Crippen molar-refractivity contribution in [2.75, 3.05) is 10.6 Å². The highest BCUT2D eigenvalue weighted by atomic mass is 16.2. The molecule has 3 aromatic carbocycles. The molecule has 4 rings (SSSR count). The molecular weight excluding hydrogens is 416 g/mol. The molecule has 7 nitrogen and oxygen atoms in total. The Hall–Kier alpha value is -4.39. The smallest absolute Gasteiger partial charge is 0.295 e. The fourth-order valence-corrected chi connectivity index (χ4v) is 3.63. The van der Waals surface area contributed by atoms with Gasteiger partial charge in [-0.25, -0.2) is 4.68 Å². The second kappa shape index (κ2) is 9.00. The molecule has 1 heterocycles. The summed E-state index contributed by atoms with van der Waals surface area (Å²) >= 11 is 0. The van der Waals surface area contributed by atoms with E-state index in [2.05, 4.69) is 10.6 Å². The molecule has 2 N–H and O–H groups in total. The Balaban J connectivity index is 1.57. The number of nitrogens with zero attached hydrogens (tertiary/aromatic N) is 2. The molecule has 0 unspecified atom stereocenters. The fraction of sp³-hybridized carbons (Fsp3) is 0.115. The fourth-order valence-electron chi connectivity index (χ4n) is 3.63. The average molecular weight is 441 g/mol. The number of rotatable bonds is 5. The van der Waals surface area contributed by atoms with Crippen LogP contribution in [-0.2, 0) is 7.05 Å². The first-order chi connectivity index (χ1) is 15.8. The van der Waals surface area contributed by atoms with Crippen LogP contribution in [0.15, 0.2) is 83.7 Å². The minimum absolute atomic E-state index is 0.209. The Morgan fingerprint density at radius 2 is 1.39 bits per heavy atom. The normalized spacial score (nSPS) is 10.6. The summed E-state index contributed by atoms with van der Waals surface area (Å²) in [6, 6.07) is 23.1. The van der Waals surface area contributed by atoms with E-state index in [1.165, 1.54) is 4.68 Å². The first-order valence-electron chi connectivity index (χ1n) is 10.5. The van der Waals surface area contributed by atoms with Crippen LogP contribution in [0.3, 0.4) is 0 Å². The van der Waals surface area contributed by atoms with Crippen molar-refractivity contribution in [3.05, 3.63) is 112 Å². The van der Waals surface area contributed by atoms with Crippen molar-refractivity contribution in [3.8, 4) is 5.69 Å². The van der Waals surface area contributed by atoms with Gasteiger partial charge in [-0.2, -0.15) is 0 Å². The molecule has 0 radical (unpaired) electrons. The summed E-state index contributed by atoms with van der Waals surface area (Å²) in [5.74, 6) is -0.700. The van der Waals surface area contributed by atoms with Crippen LogP contribution in [-0.4, -0.2) is 21.2 Å². The Bertz CT molecular complexity index is 1400. The molecule has 0 saturated carbocycles. The number of hydrogen-bond donors (Lipinski definition) is 2. The van der Waals surface area contributed by atoms with E-state index in [0.717, 1.165) is 5.56 Å². The third-order valence-electron chi connectivity index (χ3n) is 5.46. The number of carbonyl (C=O) groups is 2. The summed E-state index contributed by atoms with van der Waals surface area (Å²) in [6.07, 6.45) is 0. The number of para-hydroxylation sites is 1. The Morgan fingerprint density at radius 1 is 0.758 bits per heavy atom. The first-order valence-corrected chi connectivity index (χ1v) is 10.5. The number of anilines is 2. The molecule has 0 atom stereocenters. The largest absolute Gasteiger partial charge is 0.322 e. The zero-order valence-electron chi connectivity index (χ0n) is 18.6. The van der Waals surface area contributed by atoms with E-state index in [1.807, 2.05) is 49.4 Å². The van der Waals surface area contributed by atoms with Gasteiger partial charge in [-0.05, 0) is 56.3 Å². The van der Waals surface area contributed by atoms with Crippen LogP contribution in [0.4, 0.5) is 11.4 Å². The van der Waals surface area contributed by atoms with Crippen LogP contribution in [0.25, 0.3) is 5.69 Å². The molecule has 0 fully saturated rings. The van der Waals surface area contributed by atoms with E-state index < -0.39 is 5.91 Å². The number of amides is 2. The van der Waals surface area contributed by atoms with Crippen LogP contribution in [0.2, 0.25) is 0 Å². The third-order valence-corrected chi connectivity index (χ3v) is 5.46. The summed E-state index contributed by atoms with van der Waals surface area (Å²) < 4.78 is 3.20. The number of benzene rings is 3. The lowest BCUT2D eigenvalue weighted by molar-refractivity contribution is 0.101. The molecular formula is C26H24N4O3. The summed E-state index contributed by atoms with van der Waals surface area (Å²) in [5.41, 5.74) is 3.54. The zero-order chi connectivity index (χ0) is 23.5. The molecule has 0 aliphatic rings. The van der Waals surface area contributed by atoms with Gasteiger partial charge in [0.2, 0.25) is 0 Å². The second-order valence-corrected chi connectivity index (χ2v) is 7.80. The van der Waals surface area contributed by atoms with Gasteiger partial charge >= 0.3 is 0 Å². The predicted octanol–water partition coefficient (Wildman–Crippen LogP) is 4.30. The summed E-state index contributed by atoms with van der Waals surface area (Å²) in [5, 5.41) is 5.55. The van der Waals surface area contributed by atoms with E-state index in [9.17, 15) is 14.4 Å². The maximum atomic E-state index is 13.0. The van der Waals surface area contributed by atoms with Gasteiger partial charge in [-0.1, -0.05) is 42.0 Å². The zero-order valence-corrected chi connectivity index (χ0v) is 18.6. The van der Waals surface area contributed by atoms with Crippen molar-refractivity contribution in [2.24, 2.45) is 7.05 Å². The maximum absolute atomic E-state index is 13.0. The lowest BCUT2D eigenvalue weighted by Gasteiger charge is -2.08. The van der Waals surface area contributed by atoms with Gasteiger partial charge in [0.05, 0.1) is 11.4 Å². The van der Waals surface area contributed by atoms with Crippen LogP contribution < -0.4 is 16.2 Å². The van der Waals surface area contributed by atoms with Crippen molar-refractivity contribution in [2.45, 2.75) is 13.8 Å². The molecule has 0 spiro atoms. The highest BCUT2D eigenvalue weighted by molar-refractivity contribution is 6.07. The van der Waals surface area contributed by atoms with Gasteiger partial charge in [0, 0.05) is 23.9 Å². The van der Waals surface area contributed by atoms with Crippen molar-refractivity contribution in [3.63, 3.8) is 0 Å². The average Bonchev–Trinajstić information content (AvgIpc) is 3.02. The molecule has 7 heteroatoms. The summed E-state index contributed by atoms with van der Waals surface area (Å²) in [7, 11) is 1.76. The molecule has 33 heavy (non-hydrogen) atoms. The van der Waals surface area contributed by atoms with Crippen LogP contribution >= 0.6 is 0 Å². The van der Waals surface area contributed by atoms with Gasteiger partial charge < -0.3 is 10.6 Å². The van der Waals surface area contributed by atoms with E-state index in [4.69, 9.17) is 0 Å². The number of hydrogen-bond acceptors (Lipinski definition) is 3. The van der Waals surface area contributed by atoms with Crippen molar-refractivity contribution in [1.82, 2.24) is 9.36 Å². The minimum Gasteiger partial charge on any atom is -0.322 e. The molecule has 166 valence electrons. The lowest BCUT2D eigenvalue weighted by Crippen LogP contribution is -2.23. The highest BCUT2D eigenvalue weighted by Gasteiger charge is 2.19. The molecule has 1 aromatic heterocycles. The SMILES string of the molecule is Cc1cccc(C(=O)Nc2cccc(C(=O)Nc3c(C)n(C)n(-c4ccccc4)c3=O)c2)c1. The molecule has 0 aliphatic carbocycles. The topological polar surface area (TPSA) is 85.1 Å². The second-order valence-electron chi connectivity index (χ2n) is 7.80. The van der Waals surface area contributed by atoms with E-state index in [0.29, 0.717) is 28.2 Å². The number of carbonyl (C=O) groups excluding carboxylic acids is 2. The monoisotopic (exact) mass is 440 g/mol. The van der Waals surface area contributed by atoms with Gasteiger partial charge in [0.1, 0.15) is 5.69 Å².